The van der Waals surface area contributed by atoms with Crippen molar-refractivity contribution in [3.05, 3.63) is 76.4 Å². The number of carbonyl (C=O) groups excluding carboxylic acids is 2. The molecule has 1 saturated carbocycles. The third kappa shape index (κ3) is 5.47. The fourth-order valence-electron chi connectivity index (χ4n) is 7.26. The van der Waals surface area contributed by atoms with E-state index in [0.29, 0.717) is 36.8 Å². The van der Waals surface area contributed by atoms with Crippen molar-refractivity contribution in [2.75, 3.05) is 24.5 Å². The van der Waals surface area contributed by atoms with Crippen LogP contribution in [-0.4, -0.2) is 51.1 Å². The molecule has 3 aromatic rings. The molecule has 3 heterocycles. The summed E-state index contributed by atoms with van der Waals surface area (Å²) in [6, 6.07) is 10.4. The topological polar surface area (TPSA) is 83.4 Å². The monoisotopic (exact) mass is 604 g/mol. The first-order valence-corrected chi connectivity index (χ1v) is 14.9. The number of halogens is 3. The average molecular weight is 605 g/mol. The minimum absolute atomic E-state index is 0.0102. The van der Waals surface area contributed by atoms with Crippen molar-refractivity contribution in [2.45, 2.75) is 57.8 Å². The summed E-state index contributed by atoms with van der Waals surface area (Å²) in [7, 11) is 1.91. The zero-order chi connectivity index (χ0) is 31.2. The molecule has 230 valence electrons. The fourth-order valence-corrected chi connectivity index (χ4v) is 7.26. The maximum absolute atomic E-state index is 14.4. The Hall–Kier alpha value is -4.17. The molecule has 1 saturated heterocycles. The Morgan fingerprint density at radius 2 is 2.00 bits per heavy atom. The number of carbonyl (C=O) groups is 2. The van der Waals surface area contributed by atoms with Crippen LogP contribution < -0.4 is 10.2 Å². The first kappa shape index (κ1) is 29.9. The maximum atomic E-state index is 14.4. The largest absolute Gasteiger partial charge is 0.416 e. The summed E-state index contributed by atoms with van der Waals surface area (Å²) in [5.74, 6) is 5.75. The van der Waals surface area contributed by atoms with Gasteiger partial charge in [0.25, 0.3) is 11.8 Å². The van der Waals surface area contributed by atoms with E-state index in [1.807, 2.05) is 29.8 Å². The molecule has 0 radical (unpaired) electrons. The highest BCUT2D eigenvalue weighted by Gasteiger charge is 2.48. The quantitative estimate of drug-likeness (QED) is 0.397. The van der Waals surface area contributed by atoms with Gasteiger partial charge >= 0.3 is 6.18 Å². The average Bonchev–Trinajstić information content (AvgIpc) is 3.69. The highest BCUT2D eigenvalue weighted by atomic mass is 19.4. The van der Waals surface area contributed by atoms with E-state index in [1.54, 1.807) is 25.4 Å². The van der Waals surface area contributed by atoms with Gasteiger partial charge in [0, 0.05) is 37.9 Å². The van der Waals surface area contributed by atoms with Gasteiger partial charge < -0.3 is 14.8 Å². The normalized spacial score (nSPS) is 23.2. The van der Waals surface area contributed by atoms with Gasteiger partial charge in [-0.3, -0.25) is 14.5 Å². The van der Waals surface area contributed by atoms with Gasteiger partial charge in [0.2, 0.25) is 0 Å². The van der Waals surface area contributed by atoms with Gasteiger partial charge in [0.05, 0.1) is 17.5 Å². The summed E-state index contributed by atoms with van der Waals surface area (Å²) in [5, 5.41) is 11.3. The predicted molar refractivity (Wildman–Crippen MR) is 158 cm³/mol. The Bertz CT molecular complexity index is 1660. The fraction of sp³-hybridized carbons (Fsp3) is 0.455. The summed E-state index contributed by atoms with van der Waals surface area (Å²) < 4.78 is 45.1. The van der Waals surface area contributed by atoms with Gasteiger partial charge in [0.1, 0.15) is 12.2 Å². The number of hydrogen-bond acceptors (Lipinski definition) is 5. The molecule has 6 rings (SSSR count). The molecule has 3 aliphatic rings. The molecule has 0 bridgehead atoms. The number of nitrogens with one attached hydrogen (secondary N) is 1. The summed E-state index contributed by atoms with van der Waals surface area (Å²) in [5.41, 5.74) is 0.980. The first-order chi connectivity index (χ1) is 21.0. The number of likely N-dealkylation sites (tertiary alicyclic amines) is 1. The summed E-state index contributed by atoms with van der Waals surface area (Å²) in [4.78, 5) is 29.0. The molecule has 1 aromatic heterocycles. The van der Waals surface area contributed by atoms with Crippen molar-refractivity contribution in [2.24, 2.45) is 18.9 Å². The summed E-state index contributed by atoms with van der Waals surface area (Å²) >= 11 is 0. The molecule has 2 aliphatic heterocycles. The third-order valence-electron chi connectivity index (χ3n) is 9.22. The second-order valence-corrected chi connectivity index (χ2v) is 12.4. The predicted octanol–water partition coefficient (Wildman–Crippen LogP) is 4.67. The van der Waals surface area contributed by atoms with Crippen molar-refractivity contribution in [3.63, 3.8) is 0 Å². The molecule has 1 N–H and O–H groups in total. The zero-order valence-corrected chi connectivity index (χ0v) is 25.0. The van der Waals surface area contributed by atoms with E-state index in [4.69, 9.17) is 0 Å². The number of nitrogens with zero attached hydrogens (tertiary/aromatic N) is 5. The maximum Gasteiger partial charge on any atom is 0.416 e. The van der Waals surface area contributed by atoms with Crippen molar-refractivity contribution in [3.8, 4) is 11.8 Å². The van der Waals surface area contributed by atoms with Gasteiger partial charge in [-0.1, -0.05) is 25.0 Å². The second kappa shape index (κ2) is 11.4. The van der Waals surface area contributed by atoms with E-state index in [0.717, 1.165) is 30.7 Å². The van der Waals surface area contributed by atoms with Crippen LogP contribution in [0.1, 0.15) is 71.5 Å². The molecular weight excluding hydrogens is 569 g/mol. The molecule has 0 unspecified atom stereocenters. The molecule has 8 nitrogen and oxygen atoms in total. The highest BCUT2D eigenvalue weighted by Crippen LogP contribution is 2.52. The van der Waals surface area contributed by atoms with Crippen molar-refractivity contribution >= 4 is 17.5 Å². The standard InChI is InChI=1S/C33H35F3N6O2/c1-4-6-29(43)37-16-22-9-10-41(17-22)18-23-11-26-27(28(12-23)33(34,35)36)19-42(30(26)44)25-8-5-7-24(13-25)32(14-21(2)15-32)31-39-38-20-40(31)3/h5,7-8,11-13,20-22H,9-10,14-19H2,1-3H3,(H,37,43)/t21?,22-,32?/m1/s1. The zero-order valence-electron chi connectivity index (χ0n) is 25.0. The van der Waals surface area contributed by atoms with Crippen LogP contribution in [0.25, 0.3) is 0 Å². The highest BCUT2D eigenvalue weighted by molar-refractivity contribution is 6.10. The number of benzene rings is 2. The number of aryl methyl sites for hydroxylation is 1. The SMILES string of the molecule is CC#CC(=O)NC[C@H]1CCN(Cc2cc3c(c(C(F)(F)F)c2)CN(c2cccc(C4(c5nncn5C)CC(C)C4)c2)C3=O)C1. The molecule has 0 spiro atoms. The van der Waals surface area contributed by atoms with E-state index in [9.17, 15) is 22.8 Å². The van der Waals surface area contributed by atoms with Gasteiger partial charge in [-0.05, 0) is 91.4 Å². The molecule has 44 heavy (non-hydrogen) atoms. The van der Waals surface area contributed by atoms with Gasteiger partial charge in [-0.15, -0.1) is 10.2 Å². The van der Waals surface area contributed by atoms with Crippen LogP contribution in [-0.2, 0) is 36.5 Å². The molecular formula is C33H35F3N6O2. The van der Waals surface area contributed by atoms with Crippen LogP contribution in [0.3, 0.4) is 0 Å². The van der Waals surface area contributed by atoms with E-state index >= 15 is 0 Å². The number of alkyl halides is 3. The summed E-state index contributed by atoms with van der Waals surface area (Å²) in [6.07, 6.45) is -0.378. The Kier molecular flexibility index (Phi) is 7.74. The van der Waals surface area contributed by atoms with Crippen LogP contribution in [0.5, 0.6) is 0 Å². The second-order valence-electron chi connectivity index (χ2n) is 12.4. The lowest BCUT2D eigenvalue weighted by atomic mass is 9.58. The van der Waals surface area contributed by atoms with Gasteiger partial charge in [-0.25, -0.2) is 0 Å². The van der Waals surface area contributed by atoms with Crippen molar-refractivity contribution in [1.82, 2.24) is 25.0 Å². The number of amides is 2. The van der Waals surface area contributed by atoms with Crippen LogP contribution in [0.2, 0.25) is 0 Å². The number of hydrogen-bond donors (Lipinski definition) is 1. The summed E-state index contributed by atoms with van der Waals surface area (Å²) in [6.45, 7) is 5.71. The Balaban J connectivity index is 1.25. The molecule has 2 amide bonds. The Morgan fingerprint density at radius 3 is 2.68 bits per heavy atom. The lowest BCUT2D eigenvalue weighted by molar-refractivity contribution is -0.138. The van der Waals surface area contributed by atoms with E-state index in [1.165, 1.54) is 11.0 Å². The third-order valence-corrected chi connectivity index (χ3v) is 9.22. The van der Waals surface area contributed by atoms with Gasteiger partial charge in [-0.2, -0.15) is 13.2 Å². The minimum atomic E-state index is -4.60. The molecule has 1 aliphatic carbocycles. The van der Waals surface area contributed by atoms with E-state index in [2.05, 4.69) is 39.2 Å². The number of fused-ring (bicyclic) bond motifs is 1. The minimum Gasteiger partial charge on any atom is -0.345 e. The van der Waals surface area contributed by atoms with Crippen molar-refractivity contribution < 1.29 is 22.8 Å². The molecule has 11 heteroatoms. The lowest BCUT2D eigenvalue weighted by Gasteiger charge is -2.46. The lowest BCUT2D eigenvalue weighted by Crippen LogP contribution is -2.43. The van der Waals surface area contributed by atoms with E-state index in [-0.39, 0.29) is 41.5 Å². The number of anilines is 1. The first-order valence-electron chi connectivity index (χ1n) is 14.9. The van der Waals surface area contributed by atoms with E-state index < -0.39 is 17.6 Å². The number of rotatable bonds is 7. The Labute approximate surface area is 254 Å². The molecule has 2 fully saturated rings. The van der Waals surface area contributed by atoms with Crippen LogP contribution >= 0.6 is 0 Å². The van der Waals surface area contributed by atoms with Crippen LogP contribution in [0.15, 0.2) is 42.7 Å². The van der Waals surface area contributed by atoms with Crippen LogP contribution in [0, 0.1) is 23.7 Å². The smallest absolute Gasteiger partial charge is 0.345 e. The Morgan fingerprint density at radius 1 is 1.20 bits per heavy atom. The molecule has 1 atom stereocenters. The molecule has 2 aromatic carbocycles. The number of aromatic nitrogens is 3. The van der Waals surface area contributed by atoms with Gasteiger partial charge in [0.15, 0.2) is 0 Å². The van der Waals surface area contributed by atoms with Crippen molar-refractivity contribution in [1.29, 1.82) is 0 Å². The van der Waals surface area contributed by atoms with Crippen LogP contribution in [0.4, 0.5) is 18.9 Å².